The molecule has 2 N–H and O–H groups in total. The van der Waals surface area contributed by atoms with Gasteiger partial charge in [0.05, 0.1) is 0 Å². The summed E-state index contributed by atoms with van der Waals surface area (Å²) in [6, 6.07) is 0.356. The smallest absolute Gasteiger partial charge is 0.170 e. The maximum atomic E-state index is 6.00. The molecule has 0 spiro atoms. The van der Waals surface area contributed by atoms with Crippen LogP contribution in [0.25, 0.3) is 0 Å². The van der Waals surface area contributed by atoms with Gasteiger partial charge in [-0.25, -0.2) is 4.98 Å². The van der Waals surface area contributed by atoms with Gasteiger partial charge in [-0.05, 0) is 30.3 Å². The molecule has 1 unspecified atom stereocenters. The molecule has 0 aliphatic heterocycles. The second kappa shape index (κ2) is 4.59. The van der Waals surface area contributed by atoms with Crippen molar-refractivity contribution in [3.8, 4) is 0 Å². The summed E-state index contributed by atoms with van der Waals surface area (Å²) in [5.41, 5.74) is 6.00. The molecule has 1 aromatic rings. The average molecular weight is 229 g/mol. The molecule has 78 valence electrons. The van der Waals surface area contributed by atoms with Crippen LogP contribution in [0.2, 0.25) is 0 Å². The molecule has 0 saturated heterocycles. The molecule has 1 aliphatic rings. The van der Waals surface area contributed by atoms with E-state index in [9.17, 15) is 0 Å². The third kappa shape index (κ3) is 2.68. The van der Waals surface area contributed by atoms with Gasteiger partial charge in [0.1, 0.15) is 5.82 Å². The van der Waals surface area contributed by atoms with Crippen molar-refractivity contribution in [3.63, 3.8) is 0 Å². The number of hydrogen-bond acceptors (Lipinski definition) is 5. The third-order valence-electron chi connectivity index (χ3n) is 2.39. The minimum absolute atomic E-state index is 0.356. The number of hydrogen-bond donors (Lipinski definition) is 1. The lowest BCUT2D eigenvalue weighted by Crippen LogP contribution is -2.24. The Bertz CT molecular complexity index is 296. The number of aryl methyl sites for hydroxylation is 1. The Labute approximate surface area is 92.7 Å². The number of nitrogens with zero attached hydrogens (tertiary/aromatic N) is 2. The van der Waals surface area contributed by atoms with Gasteiger partial charge in [0.25, 0.3) is 0 Å². The van der Waals surface area contributed by atoms with E-state index < -0.39 is 0 Å². The molecular weight excluding hydrogens is 214 g/mol. The molecule has 1 aromatic heterocycles. The Morgan fingerprint density at radius 1 is 1.64 bits per heavy atom. The summed E-state index contributed by atoms with van der Waals surface area (Å²) in [5.74, 6) is 2.72. The van der Waals surface area contributed by atoms with Crippen LogP contribution in [0.5, 0.6) is 0 Å². The van der Waals surface area contributed by atoms with Crippen molar-refractivity contribution < 1.29 is 0 Å². The molecule has 1 fully saturated rings. The maximum Gasteiger partial charge on any atom is 0.170 e. The summed E-state index contributed by atoms with van der Waals surface area (Å²) in [6.45, 7) is 2.08. The van der Waals surface area contributed by atoms with Gasteiger partial charge in [-0.15, -0.1) is 0 Å². The summed E-state index contributed by atoms with van der Waals surface area (Å²) in [5, 5.41) is 0. The van der Waals surface area contributed by atoms with Crippen molar-refractivity contribution in [2.75, 3.05) is 5.75 Å². The lowest BCUT2D eigenvalue weighted by molar-refractivity contribution is 0.659. The average Bonchev–Trinajstić information content (AvgIpc) is 2.94. The molecule has 3 nitrogen and oxygen atoms in total. The Morgan fingerprint density at radius 3 is 3.00 bits per heavy atom. The topological polar surface area (TPSA) is 51.8 Å². The van der Waals surface area contributed by atoms with Gasteiger partial charge in [0, 0.05) is 18.2 Å². The van der Waals surface area contributed by atoms with Crippen LogP contribution in [0.15, 0.2) is 4.34 Å². The lowest BCUT2D eigenvalue weighted by atomic mass is 10.2. The van der Waals surface area contributed by atoms with Crippen molar-refractivity contribution in [1.29, 1.82) is 0 Å². The van der Waals surface area contributed by atoms with Crippen molar-refractivity contribution in [1.82, 2.24) is 9.36 Å². The number of thioether (sulfide) groups is 1. The molecule has 14 heavy (non-hydrogen) atoms. The molecule has 0 radical (unpaired) electrons. The largest absolute Gasteiger partial charge is 0.327 e. The molecule has 0 bridgehead atoms. The van der Waals surface area contributed by atoms with Gasteiger partial charge in [-0.3, -0.25) is 0 Å². The number of nitrogens with two attached hydrogens (primary N) is 1. The predicted molar refractivity (Wildman–Crippen MR) is 60.7 cm³/mol. The van der Waals surface area contributed by atoms with Crippen molar-refractivity contribution in [3.05, 3.63) is 5.82 Å². The maximum absolute atomic E-state index is 6.00. The quantitative estimate of drug-likeness (QED) is 0.784. The highest BCUT2D eigenvalue weighted by Gasteiger charge is 2.28. The molecule has 0 aromatic carbocycles. The Balaban J connectivity index is 1.78. The van der Waals surface area contributed by atoms with Crippen LogP contribution in [-0.4, -0.2) is 21.2 Å². The highest BCUT2D eigenvalue weighted by atomic mass is 32.2. The predicted octanol–water partition coefficient (Wildman–Crippen LogP) is 1.93. The zero-order valence-electron chi connectivity index (χ0n) is 8.27. The minimum atomic E-state index is 0.356. The normalized spacial score (nSPS) is 18.4. The van der Waals surface area contributed by atoms with Gasteiger partial charge >= 0.3 is 0 Å². The van der Waals surface area contributed by atoms with Crippen LogP contribution >= 0.6 is 23.3 Å². The molecular formula is C9H15N3S2. The van der Waals surface area contributed by atoms with Crippen molar-refractivity contribution in [2.45, 2.75) is 36.6 Å². The van der Waals surface area contributed by atoms with Crippen molar-refractivity contribution >= 4 is 23.3 Å². The zero-order chi connectivity index (χ0) is 9.97. The van der Waals surface area contributed by atoms with E-state index in [-0.39, 0.29) is 0 Å². The fourth-order valence-electron chi connectivity index (χ4n) is 1.27. The zero-order valence-corrected chi connectivity index (χ0v) is 9.90. The van der Waals surface area contributed by atoms with Gasteiger partial charge in [0.15, 0.2) is 4.34 Å². The second-order valence-corrected chi connectivity index (χ2v) is 5.66. The van der Waals surface area contributed by atoms with Crippen molar-refractivity contribution in [2.24, 2.45) is 11.7 Å². The molecule has 1 saturated carbocycles. The molecule has 0 amide bonds. The Hall–Kier alpha value is -0.130. The first kappa shape index (κ1) is 10.4. The third-order valence-corrected chi connectivity index (χ3v) is 4.41. The lowest BCUT2D eigenvalue weighted by Gasteiger charge is -2.06. The van der Waals surface area contributed by atoms with E-state index in [0.717, 1.165) is 28.3 Å². The summed E-state index contributed by atoms with van der Waals surface area (Å²) < 4.78 is 5.31. The van der Waals surface area contributed by atoms with Gasteiger partial charge in [0.2, 0.25) is 0 Å². The summed E-state index contributed by atoms with van der Waals surface area (Å²) in [7, 11) is 0. The number of rotatable bonds is 5. The van der Waals surface area contributed by atoms with E-state index >= 15 is 0 Å². The standard InChI is InChI=1S/C9H15N3S2/c1-2-8-11-9(14-12-8)13-5-7(10)6-3-4-6/h6-7H,2-5,10H2,1H3. The SMILES string of the molecule is CCc1nsc(SCC(N)C2CC2)n1. The molecule has 5 heteroatoms. The van der Waals surface area contributed by atoms with Crippen LogP contribution < -0.4 is 5.73 Å². The van der Waals surface area contributed by atoms with E-state index in [4.69, 9.17) is 5.73 Å². The van der Waals surface area contributed by atoms with Crippen LogP contribution in [-0.2, 0) is 6.42 Å². The number of aromatic nitrogens is 2. The van der Waals surface area contributed by atoms with E-state index in [2.05, 4.69) is 16.3 Å². The monoisotopic (exact) mass is 229 g/mol. The molecule has 1 heterocycles. The van der Waals surface area contributed by atoms with Crippen LogP contribution in [0.1, 0.15) is 25.6 Å². The first-order valence-corrected chi connectivity index (χ1v) is 6.76. The van der Waals surface area contributed by atoms with Crippen LogP contribution in [0.4, 0.5) is 0 Å². The van der Waals surface area contributed by atoms with Gasteiger partial charge in [-0.1, -0.05) is 18.7 Å². The van der Waals surface area contributed by atoms with Crippen LogP contribution in [0.3, 0.4) is 0 Å². The summed E-state index contributed by atoms with van der Waals surface area (Å²) in [6.07, 6.45) is 3.56. The van der Waals surface area contributed by atoms with Gasteiger partial charge in [-0.2, -0.15) is 4.37 Å². The molecule has 2 rings (SSSR count). The Morgan fingerprint density at radius 2 is 2.43 bits per heavy atom. The first-order valence-electron chi connectivity index (χ1n) is 5.00. The van der Waals surface area contributed by atoms with E-state index in [1.165, 1.54) is 24.4 Å². The highest BCUT2D eigenvalue weighted by molar-refractivity contribution is 8.00. The minimum Gasteiger partial charge on any atom is -0.327 e. The fourth-order valence-corrected chi connectivity index (χ4v) is 3.07. The van der Waals surface area contributed by atoms with E-state index in [0.29, 0.717) is 6.04 Å². The summed E-state index contributed by atoms with van der Waals surface area (Å²) in [4.78, 5) is 4.40. The summed E-state index contributed by atoms with van der Waals surface area (Å²) >= 11 is 3.25. The Kier molecular flexibility index (Phi) is 3.41. The molecule has 1 aliphatic carbocycles. The fraction of sp³-hybridized carbons (Fsp3) is 0.778. The van der Waals surface area contributed by atoms with Crippen LogP contribution in [0, 0.1) is 5.92 Å². The molecule has 1 atom stereocenters. The second-order valence-electron chi connectivity index (χ2n) is 3.64. The highest BCUT2D eigenvalue weighted by Crippen LogP contribution is 2.34. The van der Waals surface area contributed by atoms with E-state index in [1.807, 2.05) is 0 Å². The van der Waals surface area contributed by atoms with E-state index in [1.54, 1.807) is 11.8 Å². The first-order chi connectivity index (χ1) is 6.79. The van der Waals surface area contributed by atoms with Gasteiger partial charge < -0.3 is 5.73 Å².